The summed E-state index contributed by atoms with van der Waals surface area (Å²) in [5.74, 6) is -1.17. The van der Waals surface area contributed by atoms with Crippen LogP contribution in [0.1, 0.15) is 58.8 Å². The molecule has 10 nitrogen and oxygen atoms in total. The molecule has 0 aromatic heterocycles. The maximum Gasteiger partial charge on any atom is 0.306 e. The second kappa shape index (κ2) is 24.8. The lowest BCUT2D eigenvalue weighted by Crippen LogP contribution is -2.37. The summed E-state index contributed by atoms with van der Waals surface area (Å²) >= 11 is 0. The third-order valence-electron chi connectivity index (χ3n) is 5.39. The molecule has 0 saturated carbocycles. The predicted molar refractivity (Wildman–Crippen MR) is 168 cm³/mol. The number of carbonyl (C=O) groups excluding carboxylic acids is 2. The number of nitrogens with zero attached hydrogens (tertiary/aromatic N) is 1. The number of ether oxygens (including phenoxy) is 2. The first-order valence-electron chi connectivity index (χ1n) is 14.7. The summed E-state index contributed by atoms with van der Waals surface area (Å²) in [6.07, 6.45) is 26.4. The van der Waals surface area contributed by atoms with E-state index in [1.54, 1.807) is 6.08 Å². The molecule has 0 bridgehead atoms. The van der Waals surface area contributed by atoms with Crippen LogP contribution in [0.15, 0.2) is 72.9 Å². The van der Waals surface area contributed by atoms with E-state index in [9.17, 15) is 24.2 Å². The lowest BCUT2D eigenvalue weighted by molar-refractivity contribution is -0.870. The number of rotatable bonds is 24. The van der Waals surface area contributed by atoms with Gasteiger partial charge in [0.2, 0.25) is 0 Å². The first-order valence-corrected chi connectivity index (χ1v) is 16.2. The number of quaternary nitrogens is 1. The van der Waals surface area contributed by atoms with Crippen molar-refractivity contribution in [2.24, 2.45) is 0 Å². The summed E-state index contributed by atoms with van der Waals surface area (Å²) in [5.41, 5.74) is 0. The SMILES string of the molecule is CC/C=C\C/C=C\CC(O)/C=C/C=C\C/C=C\C/C=C\CCC(=O)O[C@H](COC(C)=O)COP(=O)([O-])OCC[N+](C)(C)C. The molecule has 0 amide bonds. The summed E-state index contributed by atoms with van der Waals surface area (Å²) in [6.45, 7) is 2.82. The van der Waals surface area contributed by atoms with Gasteiger partial charge in [-0.15, -0.1) is 0 Å². The molecule has 43 heavy (non-hydrogen) atoms. The van der Waals surface area contributed by atoms with Crippen molar-refractivity contribution in [3.63, 3.8) is 0 Å². The van der Waals surface area contributed by atoms with E-state index in [-0.39, 0.29) is 19.6 Å². The van der Waals surface area contributed by atoms with Crippen LogP contribution in [-0.2, 0) is 32.7 Å². The first kappa shape index (κ1) is 40.4. The van der Waals surface area contributed by atoms with Gasteiger partial charge in [-0.3, -0.25) is 14.2 Å². The topological polar surface area (TPSA) is 131 Å². The number of hydrogen-bond donors (Lipinski definition) is 1. The fourth-order valence-corrected chi connectivity index (χ4v) is 3.80. The van der Waals surface area contributed by atoms with E-state index in [0.717, 1.165) is 19.3 Å². The lowest BCUT2D eigenvalue weighted by Gasteiger charge is -2.28. The number of carbonyl (C=O) groups is 2. The van der Waals surface area contributed by atoms with E-state index in [1.807, 2.05) is 75.8 Å². The van der Waals surface area contributed by atoms with Gasteiger partial charge in [-0.2, -0.15) is 0 Å². The van der Waals surface area contributed by atoms with Gasteiger partial charge in [0.15, 0.2) is 6.10 Å². The minimum atomic E-state index is -4.61. The Morgan fingerprint density at radius 1 is 0.884 bits per heavy atom. The van der Waals surface area contributed by atoms with Crippen LogP contribution >= 0.6 is 7.82 Å². The van der Waals surface area contributed by atoms with E-state index in [4.69, 9.17) is 18.5 Å². The van der Waals surface area contributed by atoms with Gasteiger partial charge < -0.3 is 33.0 Å². The average molecular weight is 626 g/mol. The van der Waals surface area contributed by atoms with Crippen molar-refractivity contribution in [2.45, 2.75) is 71.0 Å². The van der Waals surface area contributed by atoms with Crippen LogP contribution in [0.2, 0.25) is 0 Å². The van der Waals surface area contributed by atoms with Crippen molar-refractivity contribution < 1.29 is 47.2 Å². The van der Waals surface area contributed by atoms with Crippen LogP contribution in [0.25, 0.3) is 0 Å². The highest BCUT2D eigenvalue weighted by Gasteiger charge is 2.21. The fraction of sp³-hybridized carbons (Fsp3) is 0.562. The summed E-state index contributed by atoms with van der Waals surface area (Å²) in [7, 11) is 1.06. The molecular formula is C32H52NO9P. The number of aliphatic hydroxyl groups is 1. The van der Waals surface area contributed by atoms with Crippen LogP contribution in [0, 0.1) is 0 Å². The highest BCUT2D eigenvalue weighted by Crippen LogP contribution is 2.38. The van der Waals surface area contributed by atoms with Crippen molar-refractivity contribution in [2.75, 3.05) is 47.5 Å². The molecule has 11 heteroatoms. The second-order valence-electron chi connectivity index (χ2n) is 10.7. The van der Waals surface area contributed by atoms with Crippen molar-refractivity contribution in [1.29, 1.82) is 0 Å². The Balaban J connectivity index is 4.31. The Bertz CT molecular complexity index is 993. The van der Waals surface area contributed by atoms with Gasteiger partial charge in [0.1, 0.15) is 19.8 Å². The third kappa shape index (κ3) is 29.3. The van der Waals surface area contributed by atoms with E-state index in [0.29, 0.717) is 30.3 Å². The van der Waals surface area contributed by atoms with Gasteiger partial charge in [-0.05, 0) is 38.5 Å². The monoisotopic (exact) mass is 625 g/mol. The summed E-state index contributed by atoms with van der Waals surface area (Å²) < 4.78 is 32.3. The van der Waals surface area contributed by atoms with E-state index >= 15 is 0 Å². The molecule has 0 aliphatic rings. The molecule has 0 radical (unpaired) electrons. The third-order valence-corrected chi connectivity index (χ3v) is 6.36. The molecule has 0 rings (SSSR count). The van der Waals surface area contributed by atoms with Gasteiger partial charge in [-0.25, -0.2) is 0 Å². The number of phosphoric acid groups is 1. The zero-order valence-corrected chi connectivity index (χ0v) is 27.4. The molecule has 0 saturated heterocycles. The van der Waals surface area contributed by atoms with Gasteiger partial charge in [-0.1, -0.05) is 79.8 Å². The fourth-order valence-electron chi connectivity index (χ4n) is 3.08. The number of hydrogen-bond acceptors (Lipinski definition) is 9. The molecule has 0 aliphatic carbocycles. The standard InChI is InChI=1S/C32H52NO9P/c1-6-7-8-9-16-19-22-30(35)23-20-17-14-12-10-11-13-15-18-21-24-32(36)42-31(27-39-29(2)34)28-41-43(37,38)40-26-25-33(3,4)5/h7-8,10-11,14-20,23,30-31,35H,6,9,12-13,21-22,24-28H2,1-5H3/b8-7-,11-10-,17-14-,18-15-,19-16-,23-20+/t30?,31-/m1/s1. The number of likely N-dealkylation sites (N-methyl/N-ethyl adjacent to an activating group) is 1. The largest absolute Gasteiger partial charge is 0.756 e. The molecule has 0 spiro atoms. The number of aliphatic hydroxyl groups excluding tert-OH is 1. The highest BCUT2D eigenvalue weighted by molar-refractivity contribution is 7.45. The highest BCUT2D eigenvalue weighted by atomic mass is 31.2. The van der Waals surface area contributed by atoms with Gasteiger partial charge in [0, 0.05) is 13.3 Å². The zero-order chi connectivity index (χ0) is 32.4. The van der Waals surface area contributed by atoms with Crippen molar-refractivity contribution in [1.82, 2.24) is 0 Å². The summed E-state index contributed by atoms with van der Waals surface area (Å²) in [6, 6.07) is 0. The van der Waals surface area contributed by atoms with Crippen LogP contribution < -0.4 is 4.89 Å². The Morgan fingerprint density at radius 2 is 1.51 bits per heavy atom. The molecule has 0 heterocycles. The Kier molecular flexibility index (Phi) is 23.3. The molecule has 244 valence electrons. The van der Waals surface area contributed by atoms with Gasteiger partial charge >= 0.3 is 11.9 Å². The van der Waals surface area contributed by atoms with Crippen molar-refractivity contribution in [3.05, 3.63) is 72.9 Å². The number of esters is 2. The minimum Gasteiger partial charge on any atom is -0.756 e. The van der Waals surface area contributed by atoms with Gasteiger partial charge in [0.25, 0.3) is 7.82 Å². The maximum absolute atomic E-state index is 12.2. The normalized spacial score (nSPS) is 15.8. The average Bonchev–Trinajstić information content (AvgIpc) is 2.91. The minimum absolute atomic E-state index is 0.0601. The summed E-state index contributed by atoms with van der Waals surface area (Å²) in [5, 5.41) is 9.93. The van der Waals surface area contributed by atoms with Gasteiger partial charge in [0.05, 0.1) is 33.9 Å². The van der Waals surface area contributed by atoms with Crippen LogP contribution in [-0.4, -0.2) is 81.2 Å². The van der Waals surface area contributed by atoms with E-state index < -0.39 is 38.6 Å². The van der Waals surface area contributed by atoms with Crippen molar-refractivity contribution >= 4 is 19.8 Å². The number of phosphoric ester groups is 1. The van der Waals surface area contributed by atoms with Crippen LogP contribution in [0.3, 0.4) is 0 Å². The molecule has 1 N–H and O–H groups in total. The molecule has 3 atom stereocenters. The Morgan fingerprint density at radius 3 is 2.16 bits per heavy atom. The lowest BCUT2D eigenvalue weighted by atomic mass is 10.2. The zero-order valence-electron chi connectivity index (χ0n) is 26.5. The Hall–Kier alpha value is -2.59. The van der Waals surface area contributed by atoms with E-state index in [2.05, 4.69) is 19.1 Å². The molecule has 0 fully saturated rings. The predicted octanol–water partition coefficient (Wildman–Crippen LogP) is 5.12. The second-order valence-corrected chi connectivity index (χ2v) is 12.1. The molecular weight excluding hydrogens is 573 g/mol. The maximum atomic E-state index is 12.2. The molecule has 0 aromatic carbocycles. The molecule has 2 unspecified atom stereocenters. The summed E-state index contributed by atoms with van der Waals surface area (Å²) in [4.78, 5) is 35.4. The van der Waals surface area contributed by atoms with Crippen LogP contribution in [0.5, 0.6) is 0 Å². The number of allylic oxidation sites excluding steroid dienone is 10. The van der Waals surface area contributed by atoms with Crippen LogP contribution in [0.4, 0.5) is 0 Å². The van der Waals surface area contributed by atoms with E-state index in [1.165, 1.54) is 6.92 Å². The first-order chi connectivity index (χ1) is 20.3. The molecule has 0 aromatic rings. The quantitative estimate of drug-likeness (QED) is 0.0511. The van der Waals surface area contributed by atoms with Crippen molar-refractivity contribution in [3.8, 4) is 0 Å². The molecule has 0 aliphatic heterocycles. The Labute approximate surface area is 258 Å². The smallest absolute Gasteiger partial charge is 0.306 e.